The summed E-state index contributed by atoms with van der Waals surface area (Å²) in [6.07, 6.45) is 4.93. The predicted molar refractivity (Wildman–Crippen MR) is 108 cm³/mol. The van der Waals surface area contributed by atoms with E-state index in [4.69, 9.17) is 4.74 Å². The number of rotatable bonds is 6. The van der Waals surface area contributed by atoms with E-state index in [-0.39, 0.29) is 11.8 Å². The summed E-state index contributed by atoms with van der Waals surface area (Å²) in [7, 11) is 1.76. The lowest BCUT2D eigenvalue weighted by Crippen LogP contribution is -2.42. The number of nitrogens with zero attached hydrogens (tertiary/aromatic N) is 4. The van der Waals surface area contributed by atoms with Gasteiger partial charge >= 0.3 is 5.69 Å². The minimum absolute atomic E-state index is 0.0233. The normalized spacial score (nSPS) is 18.3. The molecule has 2 N–H and O–H groups in total. The Morgan fingerprint density at radius 2 is 2.21 bits per heavy atom. The molecule has 0 bridgehead atoms. The minimum atomic E-state index is 0.0233. The molecule has 0 saturated carbocycles. The number of hydrogen-bond donors (Lipinski definition) is 2. The fraction of sp³-hybridized carbons (Fsp3) is 0.550. The van der Waals surface area contributed by atoms with Gasteiger partial charge in [0.1, 0.15) is 17.7 Å². The molecule has 4 rings (SSSR count). The van der Waals surface area contributed by atoms with Crippen molar-refractivity contribution in [3.63, 3.8) is 0 Å². The fourth-order valence-electron chi connectivity index (χ4n) is 3.83. The van der Waals surface area contributed by atoms with E-state index in [0.29, 0.717) is 13.1 Å². The van der Waals surface area contributed by atoms with Crippen LogP contribution >= 0.6 is 0 Å². The van der Waals surface area contributed by atoms with Crippen LogP contribution in [0.2, 0.25) is 0 Å². The molecule has 0 amide bonds. The van der Waals surface area contributed by atoms with Gasteiger partial charge in [-0.2, -0.15) is 5.10 Å². The summed E-state index contributed by atoms with van der Waals surface area (Å²) < 4.78 is 9.36. The Kier molecular flexibility index (Phi) is 5.64. The first-order valence-corrected chi connectivity index (χ1v) is 10.1. The third-order valence-corrected chi connectivity index (χ3v) is 5.31. The quantitative estimate of drug-likeness (QED) is 0.440. The van der Waals surface area contributed by atoms with Crippen LogP contribution in [0.25, 0.3) is 0 Å². The van der Waals surface area contributed by atoms with Crippen LogP contribution in [-0.2, 0) is 25.9 Å². The van der Waals surface area contributed by atoms with Crippen LogP contribution in [0, 0.1) is 0 Å². The Hall–Kier alpha value is -2.77. The molecule has 2 aromatic rings. The average Bonchev–Trinajstić information content (AvgIpc) is 3.28. The number of aromatic nitrogens is 3. The predicted octanol–water partition coefficient (Wildman–Crippen LogP) is 0.940. The van der Waals surface area contributed by atoms with E-state index >= 15 is 0 Å². The summed E-state index contributed by atoms with van der Waals surface area (Å²) in [6.45, 7) is 2.83. The fourth-order valence-corrected chi connectivity index (χ4v) is 3.83. The van der Waals surface area contributed by atoms with Crippen molar-refractivity contribution in [2.75, 3.05) is 20.1 Å². The first kappa shape index (κ1) is 18.6. The second-order valence-corrected chi connectivity index (χ2v) is 7.32. The monoisotopic (exact) mass is 384 g/mol. The van der Waals surface area contributed by atoms with Crippen molar-refractivity contribution in [2.45, 2.75) is 51.3 Å². The SMILES string of the molecule is CN=C(NCCCn1nc2n(c1=O)CCCC2)NCC1Cc2ccccc2O1. The van der Waals surface area contributed by atoms with Crippen molar-refractivity contribution in [1.82, 2.24) is 25.0 Å². The van der Waals surface area contributed by atoms with Gasteiger partial charge in [-0.25, -0.2) is 9.48 Å². The standard InChI is InChI=1S/C20H28N6O2/c1-21-19(23-14-16-13-15-7-2-3-8-17(15)28-16)22-10-6-12-26-20(27)25-11-5-4-9-18(25)24-26/h2-3,7-8,16H,4-6,9-14H2,1H3,(H2,21,22,23). The maximum atomic E-state index is 12.3. The lowest BCUT2D eigenvalue weighted by molar-refractivity contribution is 0.235. The number of nitrogens with one attached hydrogen (secondary N) is 2. The van der Waals surface area contributed by atoms with Crippen molar-refractivity contribution in [2.24, 2.45) is 4.99 Å². The lowest BCUT2D eigenvalue weighted by atomic mass is 10.1. The summed E-state index contributed by atoms with van der Waals surface area (Å²) in [5.74, 6) is 2.65. The van der Waals surface area contributed by atoms with Crippen LogP contribution in [0.5, 0.6) is 5.75 Å². The molecule has 3 heterocycles. The molecule has 1 unspecified atom stereocenters. The van der Waals surface area contributed by atoms with Crippen molar-refractivity contribution < 1.29 is 4.74 Å². The van der Waals surface area contributed by atoms with E-state index in [2.05, 4.69) is 26.8 Å². The number of para-hydroxylation sites is 1. The highest BCUT2D eigenvalue weighted by atomic mass is 16.5. The number of hydrogen-bond acceptors (Lipinski definition) is 4. The molecule has 0 aliphatic carbocycles. The molecule has 1 atom stereocenters. The number of ether oxygens (including phenoxy) is 1. The zero-order valence-electron chi connectivity index (χ0n) is 16.4. The van der Waals surface area contributed by atoms with E-state index in [1.807, 2.05) is 22.8 Å². The van der Waals surface area contributed by atoms with Gasteiger partial charge in [-0.15, -0.1) is 0 Å². The summed E-state index contributed by atoms with van der Waals surface area (Å²) in [4.78, 5) is 16.6. The summed E-state index contributed by atoms with van der Waals surface area (Å²) in [6, 6.07) is 8.16. The van der Waals surface area contributed by atoms with Gasteiger partial charge in [-0.3, -0.25) is 9.56 Å². The van der Waals surface area contributed by atoms with Crippen LogP contribution < -0.4 is 21.1 Å². The number of aryl methyl sites for hydroxylation is 2. The number of guanidine groups is 1. The van der Waals surface area contributed by atoms with E-state index in [9.17, 15) is 4.79 Å². The van der Waals surface area contributed by atoms with Gasteiger partial charge in [0.2, 0.25) is 0 Å². The highest BCUT2D eigenvalue weighted by Crippen LogP contribution is 2.27. The maximum absolute atomic E-state index is 12.3. The van der Waals surface area contributed by atoms with Gasteiger partial charge in [0.15, 0.2) is 5.96 Å². The Balaban J connectivity index is 1.19. The topological polar surface area (TPSA) is 85.5 Å². The molecule has 0 spiro atoms. The second kappa shape index (κ2) is 8.50. The molecule has 2 aliphatic heterocycles. The molecule has 0 radical (unpaired) electrons. The summed E-state index contributed by atoms with van der Waals surface area (Å²) >= 11 is 0. The van der Waals surface area contributed by atoms with E-state index in [1.54, 1.807) is 11.7 Å². The highest BCUT2D eigenvalue weighted by Gasteiger charge is 2.22. The van der Waals surface area contributed by atoms with Crippen molar-refractivity contribution in [3.8, 4) is 5.75 Å². The van der Waals surface area contributed by atoms with Gasteiger partial charge in [-0.05, 0) is 30.9 Å². The summed E-state index contributed by atoms with van der Waals surface area (Å²) in [5.41, 5.74) is 1.28. The Labute approximate surface area is 164 Å². The van der Waals surface area contributed by atoms with Gasteiger partial charge < -0.3 is 15.4 Å². The zero-order chi connectivity index (χ0) is 19.3. The Morgan fingerprint density at radius 1 is 1.32 bits per heavy atom. The minimum Gasteiger partial charge on any atom is -0.488 e. The van der Waals surface area contributed by atoms with Gasteiger partial charge in [0.05, 0.1) is 6.54 Å². The van der Waals surface area contributed by atoms with Crippen LogP contribution in [0.1, 0.15) is 30.7 Å². The van der Waals surface area contributed by atoms with Crippen LogP contribution in [0.3, 0.4) is 0 Å². The largest absolute Gasteiger partial charge is 0.488 e. The third-order valence-electron chi connectivity index (χ3n) is 5.31. The first-order chi connectivity index (χ1) is 13.7. The molecule has 0 fully saturated rings. The maximum Gasteiger partial charge on any atom is 0.345 e. The zero-order valence-corrected chi connectivity index (χ0v) is 16.4. The Bertz CT molecular complexity index is 875. The van der Waals surface area contributed by atoms with Gasteiger partial charge in [0, 0.05) is 39.5 Å². The van der Waals surface area contributed by atoms with Crippen LogP contribution in [-0.4, -0.2) is 46.5 Å². The second-order valence-electron chi connectivity index (χ2n) is 7.32. The first-order valence-electron chi connectivity index (χ1n) is 10.1. The lowest BCUT2D eigenvalue weighted by Gasteiger charge is -2.15. The van der Waals surface area contributed by atoms with E-state index < -0.39 is 0 Å². The molecule has 28 heavy (non-hydrogen) atoms. The van der Waals surface area contributed by atoms with Crippen molar-refractivity contribution in [3.05, 3.63) is 46.1 Å². The van der Waals surface area contributed by atoms with Gasteiger partial charge in [-0.1, -0.05) is 18.2 Å². The number of fused-ring (bicyclic) bond motifs is 2. The number of benzene rings is 1. The molecule has 150 valence electrons. The molecular formula is C20H28N6O2. The number of aliphatic imine (C=N–C) groups is 1. The molecule has 2 aliphatic rings. The molecule has 8 heteroatoms. The smallest absolute Gasteiger partial charge is 0.345 e. The molecular weight excluding hydrogens is 356 g/mol. The van der Waals surface area contributed by atoms with Crippen molar-refractivity contribution >= 4 is 5.96 Å². The highest BCUT2D eigenvalue weighted by molar-refractivity contribution is 5.79. The van der Waals surface area contributed by atoms with Crippen LogP contribution in [0.15, 0.2) is 34.1 Å². The van der Waals surface area contributed by atoms with Gasteiger partial charge in [0.25, 0.3) is 0 Å². The van der Waals surface area contributed by atoms with Crippen molar-refractivity contribution in [1.29, 1.82) is 0 Å². The summed E-state index contributed by atoms with van der Waals surface area (Å²) in [5, 5.41) is 11.1. The molecule has 1 aromatic heterocycles. The van der Waals surface area contributed by atoms with Crippen LogP contribution in [0.4, 0.5) is 0 Å². The molecule has 1 aromatic carbocycles. The average molecular weight is 384 g/mol. The van der Waals surface area contributed by atoms with E-state index in [1.165, 1.54) is 5.56 Å². The molecule has 0 saturated heterocycles. The third kappa shape index (κ3) is 4.05. The Morgan fingerprint density at radius 3 is 3.04 bits per heavy atom. The van der Waals surface area contributed by atoms with E-state index in [0.717, 1.165) is 62.7 Å². The molecule has 8 nitrogen and oxygen atoms in total.